The number of anilines is 1. The molecule has 1 saturated heterocycles. The van der Waals surface area contributed by atoms with Gasteiger partial charge >= 0.3 is 7.60 Å². The van der Waals surface area contributed by atoms with Crippen molar-refractivity contribution in [2.24, 2.45) is 0 Å². The number of nitrogens with two attached hydrogens (primary N) is 1. The maximum absolute atomic E-state index is 11.5. The second-order valence-corrected chi connectivity index (χ2v) is 10.5. The van der Waals surface area contributed by atoms with Gasteiger partial charge in [0.05, 0.1) is 19.0 Å². The highest BCUT2D eigenvalue weighted by Crippen LogP contribution is 2.45. The van der Waals surface area contributed by atoms with Gasteiger partial charge in [0.25, 0.3) is 5.18 Å². The van der Waals surface area contributed by atoms with Crippen LogP contribution in [-0.2, 0) is 23.9 Å². The number of nitrogens with zero attached hydrogens (tertiary/aromatic N) is 4. The van der Waals surface area contributed by atoms with Gasteiger partial charge in [-0.3, -0.25) is 9.13 Å². The van der Waals surface area contributed by atoms with E-state index in [1.165, 1.54) is 6.33 Å². The van der Waals surface area contributed by atoms with Gasteiger partial charge in [0.2, 0.25) is 5.28 Å². The first-order valence-electron chi connectivity index (χ1n) is 7.63. The van der Waals surface area contributed by atoms with E-state index >= 15 is 0 Å². The van der Waals surface area contributed by atoms with Crippen LogP contribution in [0.3, 0.4) is 0 Å². The van der Waals surface area contributed by atoms with E-state index in [1.54, 1.807) is 4.57 Å². The normalized spacial score (nSPS) is 22.4. The fourth-order valence-corrected chi connectivity index (χ4v) is 5.57. The van der Waals surface area contributed by atoms with Crippen molar-refractivity contribution < 1.29 is 32.2 Å². The van der Waals surface area contributed by atoms with Crippen molar-refractivity contribution in [3.63, 3.8) is 0 Å². The first kappa shape index (κ1) is 20.4. The Morgan fingerprint density at radius 3 is 2.81 bits per heavy atom. The summed E-state index contributed by atoms with van der Waals surface area (Å²) in [5.74, 6) is 0.124. The molecule has 27 heavy (non-hydrogen) atoms. The van der Waals surface area contributed by atoms with Gasteiger partial charge in [-0.25, -0.2) is 13.4 Å². The number of rotatable bonds is 6. The van der Waals surface area contributed by atoms with E-state index < -0.39 is 34.9 Å². The van der Waals surface area contributed by atoms with Crippen molar-refractivity contribution in [1.29, 1.82) is 0 Å². The Balaban J connectivity index is 1.72. The summed E-state index contributed by atoms with van der Waals surface area (Å²) in [5, 5.41) is -2.27. The van der Waals surface area contributed by atoms with Crippen LogP contribution in [0.1, 0.15) is 19.1 Å². The van der Waals surface area contributed by atoms with Crippen LogP contribution in [0.4, 0.5) is 5.82 Å². The molecule has 12 nitrogen and oxygen atoms in total. The van der Waals surface area contributed by atoms with Crippen molar-refractivity contribution in [2.75, 3.05) is 18.6 Å². The largest absolute Gasteiger partial charge is 0.382 e. The number of nitrogen functional groups attached to an aromatic ring is 1. The lowest BCUT2D eigenvalue weighted by Gasteiger charge is -2.20. The van der Waals surface area contributed by atoms with Crippen LogP contribution in [0.15, 0.2) is 6.33 Å². The summed E-state index contributed by atoms with van der Waals surface area (Å²) in [6, 6.07) is 0. The summed E-state index contributed by atoms with van der Waals surface area (Å²) in [6.45, 7) is -0.302. The molecule has 2 aromatic heterocycles. The molecule has 2 aromatic rings. The predicted molar refractivity (Wildman–Crippen MR) is 94.5 cm³/mol. The second-order valence-electron chi connectivity index (χ2n) is 6.05. The van der Waals surface area contributed by atoms with Gasteiger partial charge in [-0.1, -0.05) is 0 Å². The van der Waals surface area contributed by atoms with Gasteiger partial charge in [-0.05, 0) is 24.4 Å². The number of halogens is 1. The van der Waals surface area contributed by atoms with Crippen molar-refractivity contribution in [3.05, 3.63) is 11.6 Å². The molecule has 150 valence electrons. The molecule has 3 heterocycles. The Morgan fingerprint density at radius 1 is 1.48 bits per heavy atom. The quantitative estimate of drug-likeness (QED) is 0.413. The van der Waals surface area contributed by atoms with E-state index in [-0.39, 0.29) is 17.7 Å². The van der Waals surface area contributed by atoms with Crippen LogP contribution in [0.2, 0.25) is 5.28 Å². The van der Waals surface area contributed by atoms with Crippen LogP contribution in [-0.4, -0.2) is 61.9 Å². The van der Waals surface area contributed by atoms with Crippen molar-refractivity contribution >= 4 is 46.0 Å². The lowest BCUT2D eigenvalue weighted by atomic mass is 10.2. The van der Waals surface area contributed by atoms with Crippen molar-refractivity contribution in [3.8, 4) is 0 Å². The molecule has 0 aliphatic carbocycles. The first-order chi connectivity index (χ1) is 12.5. The molecular formula is C12H17ClN5O7PS. The van der Waals surface area contributed by atoms with Crippen LogP contribution in [0, 0.1) is 0 Å². The summed E-state index contributed by atoms with van der Waals surface area (Å²) in [6.07, 6.45) is 2.07. The van der Waals surface area contributed by atoms with E-state index in [9.17, 15) is 22.8 Å². The Labute approximate surface area is 158 Å². The minimum atomic E-state index is -4.99. The number of hydrogen-bond acceptors (Lipinski definition) is 9. The fraction of sp³-hybridized carbons (Fsp3) is 0.583. The number of sulfone groups is 1. The molecular weight excluding hydrogens is 425 g/mol. The third kappa shape index (κ3) is 4.40. The zero-order valence-electron chi connectivity index (χ0n) is 14.0. The molecule has 0 radical (unpaired) electrons. The average Bonchev–Trinajstić information content (AvgIpc) is 3.10. The molecule has 1 aliphatic heterocycles. The highest BCUT2D eigenvalue weighted by molar-refractivity contribution is 7.97. The lowest BCUT2D eigenvalue weighted by molar-refractivity contribution is -0.0390. The van der Waals surface area contributed by atoms with Crippen LogP contribution in [0.5, 0.6) is 0 Å². The minimum Gasteiger partial charge on any atom is -0.382 e. The fourth-order valence-electron chi connectivity index (χ4n) is 2.80. The summed E-state index contributed by atoms with van der Waals surface area (Å²) in [7, 11) is -9.10. The molecule has 3 unspecified atom stereocenters. The van der Waals surface area contributed by atoms with Gasteiger partial charge in [0.1, 0.15) is 11.7 Å². The van der Waals surface area contributed by atoms with Crippen LogP contribution >= 0.6 is 19.2 Å². The molecule has 0 aromatic carbocycles. The molecule has 15 heteroatoms. The smallest absolute Gasteiger partial charge is 0.369 e. The maximum Gasteiger partial charge on any atom is 0.369 e. The summed E-state index contributed by atoms with van der Waals surface area (Å²) < 4.78 is 46.8. The Bertz CT molecular complexity index is 1010. The molecule has 0 saturated carbocycles. The van der Waals surface area contributed by atoms with Gasteiger partial charge in [-0.15, -0.1) is 0 Å². The van der Waals surface area contributed by atoms with Crippen LogP contribution in [0.25, 0.3) is 11.2 Å². The number of aromatic nitrogens is 4. The number of imidazole rings is 1. The molecule has 4 N–H and O–H groups in total. The molecule has 3 atom stereocenters. The van der Waals surface area contributed by atoms with E-state index in [4.69, 9.17) is 26.8 Å². The molecule has 0 amide bonds. The van der Waals surface area contributed by atoms with E-state index in [0.717, 1.165) is 0 Å². The van der Waals surface area contributed by atoms with Gasteiger partial charge in [0.15, 0.2) is 21.3 Å². The monoisotopic (exact) mass is 441 g/mol. The van der Waals surface area contributed by atoms with Gasteiger partial charge in [-0.2, -0.15) is 9.97 Å². The summed E-state index contributed by atoms with van der Waals surface area (Å²) in [5.41, 5.74) is 6.50. The third-order valence-corrected chi connectivity index (χ3v) is 7.59. The second kappa shape index (κ2) is 7.24. The highest BCUT2D eigenvalue weighted by Gasteiger charge is 2.40. The molecule has 0 bridgehead atoms. The maximum atomic E-state index is 11.5. The highest BCUT2D eigenvalue weighted by atomic mass is 35.5. The van der Waals surface area contributed by atoms with Crippen molar-refractivity contribution in [1.82, 2.24) is 19.5 Å². The van der Waals surface area contributed by atoms with Crippen LogP contribution < -0.4 is 5.73 Å². The Morgan fingerprint density at radius 2 is 2.19 bits per heavy atom. The molecule has 1 fully saturated rings. The lowest BCUT2D eigenvalue weighted by Crippen LogP contribution is -2.28. The molecule has 1 aliphatic rings. The molecule has 0 spiro atoms. The summed E-state index contributed by atoms with van der Waals surface area (Å²) in [4.78, 5) is 30.4. The third-order valence-electron chi connectivity index (χ3n) is 3.88. The Kier molecular flexibility index (Phi) is 5.47. The van der Waals surface area contributed by atoms with Gasteiger partial charge in [0, 0.05) is 6.26 Å². The topological polar surface area (TPSA) is 180 Å². The van der Waals surface area contributed by atoms with E-state index in [2.05, 4.69) is 15.0 Å². The summed E-state index contributed by atoms with van der Waals surface area (Å²) >= 11 is 5.82. The molecule has 3 rings (SSSR count). The van der Waals surface area contributed by atoms with E-state index in [1.807, 2.05) is 0 Å². The zero-order chi connectivity index (χ0) is 20.0. The predicted octanol–water partition coefficient (Wildman–Crippen LogP) is 0.262. The number of ether oxygens (including phenoxy) is 2. The van der Waals surface area contributed by atoms with Gasteiger partial charge < -0.3 is 25.0 Å². The number of hydrogen-bond donors (Lipinski definition) is 3. The zero-order valence-corrected chi connectivity index (χ0v) is 16.4. The average molecular weight is 442 g/mol. The SMILES string of the molecule is CS(=O)(=O)C(OCC1CCC(n2cnc3c(N)nc(Cl)nc32)O1)P(=O)(O)O. The van der Waals surface area contributed by atoms with E-state index in [0.29, 0.717) is 30.3 Å². The number of fused-ring (bicyclic) bond motifs is 1. The Hall–Kier alpha value is -1.34. The standard InChI is InChI=1S/C12H17ClN5O7PS/c1-27(22,23)12(26(19,20)21)24-4-6-2-3-7(25-6)18-5-15-8-9(14)16-11(13)17-10(8)18/h5-7,12H,2-4H2,1H3,(H2,14,16,17)(H2,19,20,21). The minimum absolute atomic E-state index is 0.0442. The first-order valence-corrected chi connectivity index (χ1v) is 11.6. The van der Waals surface area contributed by atoms with Crippen molar-refractivity contribution in [2.45, 2.75) is 30.4 Å².